The average molecular weight is 314 g/mol. The molecular weight excluding hydrogens is 290 g/mol. The smallest absolute Gasteiger partial charge is 0.340 e. The lowest BCUT2D eigenvalue weighted by molar-refractivity contribution is 0.0601. The average Bonchev–Trinajstić information content (AvgIpc) is 2.42. The quantitative estimate of drug-likeness (QED) is 0.619. The predicted molar refractivity (Wildman–Crippen MR) is 88.3 cm³/mol. The summed E-state index contributed by atoms with van der Waals surface area (Å²) in [7, 11) is 5.42. The second kappa shape index (κ2) is 8.10. The van der Waals surface area contributed by atoms with Crippen molar-refractivity contribution >= 4 is 28.9 Å². The zero-order valence-corrected chi connectivity index (χ0v) is 13.9. The number of halogens is 1. The topological polar surface area (TPSA) is 58.8 Å². The van der Waals surface area contributed by atoms with Crippen molar-refractivity contribution in [3.63, 3.8) is 0 Å². The third-order valence-electron chi connectivity index (χ3n) is 3.22. The Hall–Kier alpha value is -1.46. The first kappa shape index (κ1) is 17.6. The number of esters is 1. The molecule has 0 fully saturated rings. The Morgan fingerprint density at radius 1 is 1.33 bits per heavy atom. The molecule has 0 bridgehead atoms. The molecule has 21 heavy (non-hydrogen) atoms. The van der Waals surface area contributed by atoms with Crippen LogP contribution < -0.4 is 10.6 Å². The third-order valence-corrected chi connectivity index (χ3v) is 3.51. The summed E-state index contributed by atoms with van der Waals surface area (Å²) in [5, 5.41) is 0.474. The van der Waals surface area contributed by atoms with Crippen LogP contribution in [0.3, 0.4) is 0 Å². The Bertz CT molecular complexity index is 492. The molecule has 1 aromatic rings. The lowest BCUT2D eigenvalue weighted by atomic mass is 10.1. The van der Waals surface area contributed by atoms with Crippen molar-refractivity contribution in [2.75, 3.05) is 51.5 Å². The Kier molecular flexibility index (Phi) is 6.78. The summed E-state index contributed by atoms with van der Waals surface area (Å²) in [6, 6.07) is 3.28. The summed E-state index contributed by atoms with van der Waals surface area (Å²) >= 11 is 6.31. The lowest BCUT2D eigenvalue weighted by Crippen LogP contribution is -2.29. The number of hydrogen-bond donors (Lipinski definition) is 1. The first-order valence-corrected chi connectivity index (χ1v) is 7.35. The van der Waals surface area contributed by atoms with Crippen LogP contribution in [0.1, 0.15) is 23.7 Å². The number of hydrogen-bond acceptors (Lipinski definition) is 5. The summed E-state index contributed by atoms with van der Waals surface area (Å²) < 4.78 is 4.84. The minimum absolute atomic E-state index is 0.411. The van der Waals surface area contributed by atoms with Crippen LogP contribution in [0.4, 0.5) is 11.4 Å². The SMILES string of the molecule is CCN(CCCN(C)C)c1c(Cl)cc(N)cc1C(=O)OC. The number of ether oxygens (including phenoxy) is 1. The maximum Gasteiger partial charge on any atom is 0.340 e. The minimum Gasteiger partial charge on any atom is -0.465 e. The van der Waals surface area contributed by atoms with E-state index in [1.54, 1.807) is 12.1 Å². The van der Waals surface area contributed by atoms with Gasteiger partial charge in [-0.25, -0.2) is 4.79 Å². The Morgan fingerprint density at radius 3 is 2.52 bits per heavy atom. The van der Waals surface area contributed by atoms with E-state index in [-0.39, 0.29) is 0 Å². The zero-order valence-electron chi connectivity index (χ0n) is 13.1. The molecule has 0 amide bonds. The van der Waals surface area contributed by atoms with Crippen molar-refractivity contribution < 1.29 is 9.53 Å². The van der Waals surface area contributed by atoms with Gasteiger partial charge in [-0.1, -0.05) is 11.6 Å². The van der Waals surface area contributed by atoms with Crippen molar-refractivity contribution in [1.29, 1.82) is 0 Å². The Morgan fingerprint density at radius 2 is 2.00 bits per heavy atom. The molecule has 5 nitrogen and oxygen atoms in total. The van der Waals surface area contributed by atoms with Crippen LogP contribution in [0.15, 0.2) is 12.1 Å². The number of nitrogen functional groups attached to an aromatic ring is 1. The number of methoxy groups -OCH3 is 1. The van der Waals surface area contributed by atoms with Crippen molar-refractivity contribution in [3.05, 3.63) is 22.7 Å². The van der Waals surface area contributed by atoms with E-state index in [4.69, 9.17) is 22.1 Å². The molecule has 0 radical (unpaired) electrons. The molecule has 0 aliphatic carbocycles. The molecule has 0 saturated carbocycles. The second-order valence-electron chi connectivity index (χ2n) is 5.13. The molecule has 0 unspecified atom stereocenters. The monoisotopic (exact) mass is 313 g/mol. The number of anilines is 2. The van der Waals surface area contributed by atoms with Gasteiger partial charge in [0.2, 0.25) is 0 Å². The van der Waals surface area contributed by atoms with E-state index in [9.17, 15) is 4.79 Å². The molecule has 0 spiro atoms. The van der Waals surface area contributed by atoms with Crippen LogP contribution in [-0.4, -0.2) is 51.7 Å². The van der Waals surface area contributed by atoms with Crippen LogP contribution in [0.25, 0.3) is 0 Å². The number of carbonyl (C=O) groups excluding carboxylic acids is 1. The minimum atomic E-state index is -0.426. The summed E-state index contributed by atoms with van der Waals surface area (Å²) in [5.74, 6) is -0.426. The largest absolute Gasteiger partial charge is 0.465 e. The molecule has 0 aliphatic heterocycles. The Balaban J connectivity index is 3.09. The van der Waals surface area contributed by atoms with E-state index in [0.717, 1.165) is 26.1 Å². The van der Waals surface area contributed by atoms with Gasteiger partial charge in [-0.3, -0.25) is 0 Å². The second-order valence-corrected chi connectivity index (χ2v) is 5.53. The number of benzene rings is 1. The molecule has 0 aliphatic rings. The molecule has 0 saturated heterocycles. The number of nitrogens with zero attached hydrogens (tertiary/aromatic N) is 2. The van der Waals surface area contributed by atoms with Crippen molar-refractivity contribution in [2.45, 2.75) is 13.3 Å². The van der Waals surface area contributed by atoms with Crippen LogP contribution in [-0.2, 0) is 4.74 Å². The summed E-state index contributed by atoms with van der Waals surface area (Å²) in [6.07, 6.45) is 0.974. The normalized spacial score (nSPS) is 10.8. The van der Waals surface area contributed by atoms with E-state index >= 15 is 0 Å². The summed E-state index contributed by atoms with van der Waals surface area (Å²) in [4.78, 5) is 16.2. The highest BCUT2D eigenvalue weighted by molar-refractivity contribution is 6.34. The van der Waals surface area contributed by atoms with Gasteiger partial charge < -0.3 is 20.3 Å². The van der Waals surface area contributed by atoms with Crippen molar-refractivity contribution in [2.24, 2.45) is 0 Å². The fourth-order valence-corrected chi connectivity index (χ4v) is 2.56. The summed E-state index contributed by atoms with van der Waals surface area (Å²) in [6.45, 7) is 4.56. The van der Waals surface area contributed by atoms with Crippen LogP contribution in [0, 0.1) is 0 Å². The third kappa shape index (κ3) is 4.79. The van der Waals surface area contributed by atoms with Crippen LogP contribution >= 0.6 is 11.6 Å². The first-order chi connectivity index (χ1) is 9.90. The maximum atomic E-state index is 12.0. The van der Waals surface area contributed by atoms with Gasteiger partial charge >= 0.3 is 5.97 Å². The molecule has 6 heteroatoms. The molecule has 1 rings (SSSR count). The number of rotatable bonds is 7. The summed E-state index contributed by atoms with van der Waals surface area (Å²) in [5.41, 5.74) is 7.34. The predicted octanol–water partition coefficient (Wildman–Crippen LogP) is 2.49. The molecule has 0 aromatic heterocycles. The highest BCUT2D eigenvalue weighted by Gasteiger charge is 2.20. The van der Waals surface area contributed by atoms with Gasteiger partial charge in [0.05, 0.1) is 23.4 Å². The van der Waals surface area contributed by atoms with Gasteiger partial charge in [0.25, 0.3) is 0 Å². The fraction of sp³-hybridized carbons (Fsp3) is 0.533. The molecule has 118 valence electrons. The fourth-order valence-electron chi connectivity index (χ4n) is 2.21. The van der Waals surface area contributed by atoms with Crippen molar-refractivity contribution in [1.82, 2.24) is 4.90 Å². The molecule has 0 heterocycles. The molecule has 1 aromatic carbocycles. The number of nitrogens with two attached hydrogens (primary N) is 1. The standard InChI is InChI=1S/C15H24ClN3O2/c1-5-19(8-6-7-18(2)3)14-12(15(20)21-4)9-11(17)10-13(14)16/h9-10H,5-8,17H2,1-4H3. The van der Waals surface area contributed by atoms with Crippen LogP contribution in [0.2, 0.25) is 5.02 Å². The van der Waals surface area contributed by atoms with Gasteiger partial charge in [0.15, 0.2) is 0 Å². The molecule has 0 atom stereocenters. The molecule has 2 N–H and O–H groups in total. The highest BCUT2D eigenvalue weighted by atomic mass is 35.5. The first-order valence-electron chi connectivity index (χ1n) is 6.97. The van der Waals surface area contributed by atoms with E-state index in [1.807, 2.05) is 21.0 Å². The van der Waals surface area contributed by atoms with Gasteiger partial charge in [0.1, 0.15) is 0 Å². The van der Waals surface area contributed by atoms with Crippen molar-refractivity contribution in [3.8, 4) is 0 Å². The Labute approximate surface area is 131 Å². The molecular formula is C15H24ClN3O2. The zero-order chi connectivity index (χ0) is 16.0. The lowest BCUT2D eigenvalue weighted by Gasteiger charge is -2.27. The van der Waals surface area contributed by atoms with Gasteiger partial charge in [0, 0.05) is 18.8 Å². The van der Waals surface area contributed by atoms with E-state index in [0.29, 0.717) is 22.0 Å². The highest BCUT2D eigenvalue weighted by Crippen LogP contribution is 2.33. The number of carbonyl (C=O) groups is 1. The van der Waals surface area contributed by atoms with Crippen LogP contribution in [0.5, 0.6) is 0 Å². The van der Waals surface area contributed by atoms with E-state index in [2.05, 4.69) is 9.80 Å². The van der Waals surface area contributed by atoms with Gasteiger partial charge in [-0.05, 0) is 46.1 Å². The van der Waals surface area contributed by atoms with Gasteiger partial charge in [-0.2, -0.15) is 0 Å². The van der Waals surface area contributed by atoms with Gasteiger partial charge in [-0.15, -0.1) is 0 Å². The van der Waals surface area contributed by atoms with E-state index in [1.165, 1.54) is 7.11 Å². The maximum absolute atomic E-state index is 12.0. The van der Waals surface area contributed by atoms with E-state index < -0.39 is 5.97 Å².